The standard InChI is InChI=1S/C12H7N3O2S2/c16-12(17)7-4-9(18-5-7)8-6-19-11(15-8)10-13-2-1-3-14-10/h1-6H,(H,16,17). The van der Waals surface area contributed by atoms with Crippen molar-refractivity contribution >= 4 is 28.6 Å². The van der Waals surface area contributed by atoms with Crippen molar-refractivity contribution in [1.82, 2.24) is 15.0 Å². The minimum atomic E-state index is -0.927. The van der Waals surface area contributed by atoms with Gasteiger partial charge in [0.05, 0.1) is 16.1 Å². The van der Waals surface area contributed by atoms with Crippen LogP contribution in [0.15, 0.2) is 35.3 Å². The van der Waals surface area contributed by atoms with E-state index in [2.05, 4.69) is 15.0 Å². The van der Waals surface area contributed by atoms with Gasteiger partial charge < -0.3 is 5.11 Å². The van der Waals surface area contributed by atoms with Gasteiger partial charge in [0.15, 0.2) is 10.8 Å². The van der Waals surface area contributed by atoms with Crippen LogP contribution in [0.5, 0.6) is 0 Å². The average Bonchev–Trinajstić information content (AvgIpc) is 3.09. The van der Waals surface area contributed by atoms with Crippen LogP contribution in [0.3, 0.4) is 0 Å². The highest BCUT2D eigenvalue weighted by molar-refractivity contribution is 7.15. The van der Waals surface area contributed by atoms with E-state index in [0.29, 0.717) is 5.82 Å². The summed E-state index contributed by atoms with van der Waals surface area (Å²) in [7, 11) is 0. The molecule has 0 saturated carbocycles. The van der Waals surface area contributed by atoms with Crippen LogP contribution >= 0.6 is 22.7 Å². The Balaban J connectivity index is 1.94. The zero-order valence-corrected chi connectivity index (χ0v) is 11.1. The number of nitrogens with zero attached hydrogens (tertiary/aromatic N) is 3. The minimum Gasteiger partial charge on any atom is -0.478 e. The molecule has 3 heterocycles. The van der Waals surface area contributed by atoms with E-state index in [4.69, 9.17) is 5.11 Å². The third kappa shape index (κ3) is 2.38. The molecule has 0 amide bonds. The minimum absolute atomic E-state index is 0.283. The van der Waals surface area contributed by atoms with Gasteiger partial charge in [-0.3, -0.25) is 0 Å². The van der Waals surface area contributed by atoms with E-state index in [1.807, 2.05) is 5.38 Å². The first kappa shape index (κ1) is 11.9. The van der Waals surface area contributed by atoms with Gasteiger partial charge in [0.25, 0.3) is 0 Å². The van der Waals surface area contributed by atoms with Crippen LogP contribution in [0.4, 0.5) is 0 Å². The number of thiophene rings is 1. The molecule has 1 N–H and O–H groups in total. The van der Waals surface area contributed by atoms with Gasteiger partial charge in [-0.15, -0.1) is 22.7 Å². The molecule has 7 heteroatoms. The lowest BCUT2D eigenvalue weighted by Gasteiger charge is -1.91. The number of rotatable bonds is 3. The lowest BCUT2D eigenvalue weighted by Crippen LogP contribution is -1.91. The molecule has 0 fully saturated rings. The van der Waals surface area contributed by atoms with E-state index in [-0.39, 0.29) is 5.56 Å². The number of hydrogen-bond acceptors (Lipinski definition) is 6. The number of hydrogen-bond donors (Lipinski definition) is 1. The number of carboxylic acid groups (broad SMARTS) is 1. The molecule has 0 bridgehead atoms. The second-order valence-corrected chi connectivity index (χ2v) is 5.38. The molecule has 0 spiro atoms. The third-order valence-corrected chi connectivity index (χ3v) is 4.15. The first-order valence-corrected chi connectivity index (χ1v) is 7.05. The summed E-state index contributed by atoms with van der Waals surface area (Å²) in [6, 6.07) is 3.37. The van der Waals surface area contributed by atoms with E-state index < -0.39 is 5.97 Å². The monoisotopic (exact) mass is 289 g/mol. The Morgan fingerprint density at radius 3 is 2.63 bits per heavy atom. The maximum atomic E-state index is 10.8. The summed E-state index contributed by atoms with van der Waals surface area (Å²) >= 11 is 2.80. The van der Waals surface area contributed by atoms with Crippen LogP contribution in [0.2, 0.25) is 0 Å². The van der Waals surface area contributed by atoms with E-state index in [9.17, 15) is 4.79 Å². The SMILES string of the molecule is O=C(O)c1csc(-c2csc(-c3ncccn3)n2)c1. The van der Waals surface area contributed by atoms with Crippen LogP contribution in [0, 0.1) is 0 Å². The van der Waals surface area contributed by atoms with Gasteiger partial charge in [-0.25, -0.2) is 19.7 Å². The van der Waals surface area contributed by atoms with Crippen molar-refractivity contribution < 1.29 is 9.90 Å². The first-order chi connectivity index (χ1) is 9.24. The van der Waals surface area contributed by atoms with Gasteiger partial charge in [-0.2, -0.15) is 0 Å². The Labute approximate surface area is 116 Å². The number of carbonyl (C=O) groups is 1. The summed E-state index contributed by atoms with van der Waals surface area (Å²) in [4.78, 5) is 24.4. The van der Waals surface area contributed by atoms with Gasteiger partial charge in [-0.1, -0.05) is 0 Å². The zero-order chi connectivity index (χ0) is 13.2. The van der Waals surface area contributed by atoms with Crippen LogP contribution < -0.4 is 0 Å². The normalized spacial score (nSPS) is 10.5. The van der Waals surface area contributed by atoms with Gasteiger partial charge in [0.2, 0.25) is 0 Å². The fourth-order valence-electron chi connectivity index (χ4n) is 1.48. The lowest BCUT2D eigenvalue weighted by atomic mass is 10.3. The predicted molar refractivity (Wildman–Crippen MR) is 73.4 cm³/mol. The molecule has 3 aromatic heterocycles. The molecule has 0 unspecified atom stereocenters. The van der Waals surface area contributed by atoms with Crippen molar-refractivity contribution in [2.24, 2.45) is 0 Å². The molecule has 0 aliphatic heterocycles. The van der Waals surface area contributed by atoms with Crippen molar-refractivity contribution in [1.29, 1.82) is 0 Å². The van der Waals surface area contributed by atoms with Gasteiger partial charge in [0, 0.05) is 23.2 Å². The highest BCUT2D eigenvalue weighted by Crippen LogP contribution is 2.30. The van der Waals surface area contributed by atoms with Gasteiger partial charge >= 0.3 is 5.97 Å². The van der Waals surface area contributed by atoms with Crippen molar-refractivity contribution in [3.63, 3.8) is 0 Å². The van der Waals surface area contributed by atoms with Gasteiger partial charge in [0.1, 0.15) is 0 Å². The number of carboxylic acids is 1. The van der Waals surface area contributed by atoms with Crippen LogP contribution in [0.1, 0.15) is 10.4 Å². The Morgan fingerprint density at radius 1 is 1.16 bits per heavy atom. The second-order valence-electron chi connectivity index (χ2n) is 3.62. The number of aromatic carboxylic acids is 1. The molecule has 3 aromatic rings. The fourth-order valence-corrected chi connectivity index (χ4v) is 3.16. The summed E-state index contributed by atoms with van der Waals surface area (Å²) in [6.45, 7) is 0. The molecule has 0 atom stereocenters. The molecule has 3 rings (SSSR count). The van der Waals surface area contributed by atoms with Crippen molar-refractivity contribution in [3.05, 3.63) is 40.8 Å². The first-order valence-electron chi connectivity index (χ1n) is 5.29. The van der Waals surface area contributed by atoms with Gasteiger partial charge in [-0.05, 0) is 12.1 Å². The van der Waals surface area contributed by atoms with Crippen molar-refractivity contribution in [2.75, 3.05) is 0 Å². The summed E-state index contributed by atoms with van der Waals surface area (Å²) in [6.07, 6.45) is 3.33. The molecular weight excluding hydrogens is 282 g/mol. The number of thiazole rings is 1. The Morgan fingerprint density at radius 2 is 1.95 bits per heavy atom. The third-order valence-electron chi connectivity index (χ3n) is 2.36. The Kier molecular flexibility index (Phi) is 3.06. The quantitative estimate of drug-likeness (QED) is 0.802. The van der Waals surface area contributed by atoms with Crippen molar-refractivity contribution in [3.8, 4) is 21.4 Å². The molecule has 0 aliphatic rings. The maximum Gasteiger partial charge on any atom is 0.336 e. The topological polar surface area (TPSA) is 76.0 Å². The maximum absolute atomic E-state index is 10.8. The van der Waals surface area contributed by atoms with Crippen LogP contribution in [0.25, 0.3) is 21.4 Å². The largest absolute Gasteiger partial charge is 0.478 e. The predicted octanol–water partition coefficient (Wildman–Crippen LogP) is 3.03. The highest BCUT2D eigenvalue weighted by atomic mass is 32.1. The summed E-state index contributed by atoms with van der Waals surface area (Å²) in [5.41, 5.74) is 1.04. The molecule has 0 radical (unpaired) electrons. The van der Waals surface area contributed by atoms with Crippen molar-refractivity contribution in [2.45, 2.75) is 0 Å². The average molecular weight is 289 g/mol. The highest BCUT2D eigenvalue weighted by Gasteiger charge is 2.12. The molecule has 19 heavy (non-hydrogen) atoms. The fraction of sp³-hybridized carbons (Fsp3) is 0. The summed E-state index contributed by atoms with van der Waals surface area (Å²) in [5.74, 6) is -0.349. The summed E-state index contributed by atoms with van der Waals surface area (Å²) < 4.78 is 0. The van der Waals surface area contributed by atoms with Crippen LogP contribution in [-0.4, -0.2) is 26.0 Å². The smallest absolute Gasteiger partial charge is 0.336 e. The number of aromatic nitrogens is 3. The molecule has 0 aliphatic carbocycles. The second kappa shape index (κ2) is 4.87. The van der Waals surface area contributed by atoms with E-state index in [1.165, 1.54) is 22.7 Å². The van der Waals surface area contributed by atoms with E-state index in [0.717, 1.165) is 15.6 Å². The molecular formula is C12H7N3O2S2. The molecule has 94 valence electrons. The zero-order valence-electron chi connectivity index (χ0n) is 9.48. The molecule has 0 saturated heterocycles. The molecule has 0 aromatic carbocycles. The van der Waals surface area contributed by atoms with E-state index in [1.54, 1.807) is 29.9 Å². The Hall–Kier alpha value is -2.12. The lowest BCUT2D eigenvalue weighted by molar-refractivity contribution is 0.0697. The van der Waals surface area contributed by atoms with Crippen LogP contribution in [-0.2, 0) is 0 Å². The Bertz CT molecular complexity index is 721. The summed E-state index contributed by atoms with van der Waals surface area (Å²) in [5, 5.41) is 13.1. The molecule has 5 nitrogen and oxygen atoms in total. The van der Waals surface area contributed by atoms with E-state index >= 15 is 0 Å².